The fourth-order valence-corrected chi connectivity index (χ4v) is 2.22. The van der Waals surface area contributed by atoms with Gasteiger partial charge in [-0.05, 0) is 42.9 Å². The highest BCUT2D eigenvalue weighted by Gasteiger charge is 2.04. The smallest absolute Gasteiger partial charge is 0.159 e. The topological polar surface area (TPSA) is 15.3 Å². The van der Waals surface area contributed by atoms with E-state index >= 15 is 0 Å². The van der Waals surface area contributed by atoms with E-state index < -0.39 is 11.6 Å². The summed E-state index contributed by atoms with van der Waals surface area (Å²) in [4.78, 5) is 2.12. The molecule has 0 bridgehead atoms. The number of rotatable bonds is 6. The van der Waals surface area contributed by atoms with Gasteiger partial charge in [0.1, 0.15) is 0 Å². The second-order valence-corrected chi connectivity index (χ2v) is 5.36. The first-order valence-corrected chi connectivity index (χ1v) is 6.92. The van der Waals surface area contributed by atoms with Crippen molar-refractivity contribution in [1.29, 1.82) is 0 Å². The van der Waals surface area contributed by atoms with Crippen molar-refractivity contribution in [2.75, 3.05) is 14.1 Å². The Bertz CT molecular complexity index is 597. The number of benzene rings is 2. The molecule has 21 heavy (non-hydrogen) atoms. The molecule has 0 aromatic heterocycles. The van der Waals surface area contributed by atoms with Crippen LogP contribution in [0.3, 0.4) is 0 Å². The van der Waals surface area contributed by atoms with Crippen LogP contribution in [0.25, 0.3) is 0 Å². The normalized spacial score (nSPS) is 11.1. The molecule has 0 heterocycles. The third-order valence-corrected chi connectivity index (χ3v) is 3.23. The highest BCUT2D eigenvalue weighted by molar-refractivity contribution is 5.27. The molecule has 1 N–H and O–H groups in total. The molecular formula is C17H20F2N2. The van der Waals surface area contributed by atoms with Gasteiger partial charge in [-0.2, -0.15) is 0 Å². The third-order valence-electron chi connectivity index (χ3n) is 3.23. The van der Waals surface area contributed by atoms with Crippen molar-refractivity contribution in [2.45, 2.75) is 19.6 Å². The molecule has 112 valence electrons. The van der Waals surface area contributed by atoms with E-state index in [1.807, 2.05) is 26.2 Å². The van der Waals surface area contributed by atoms with Gasteiger partial charge >= 0.3 is 0 Å². The molecule has 0 amide bonds. The predicted octanol–water partition coefficient (Wildman–Crippen LogP) is 3.32. The van der Waals surface area contributed by atoms with Gasteiger partial charge in [0.15, 0.2) is 11.6 Å². The Labute approximate surface area is 124 Å². The first kappa shape index (κ1) is 15.6. The molecule has 0 saturated carbocycles. The summed E-state index contributed by atoms with van der Waals surface area (Å²) in [6, 6.07) is 12.2. The monoisotopic (exact) mass is 290 g/mol. The number of halogens is 2. The largest absolute Gasteiger partial charge is 0.309 e. The first-order valence-electron chi connectivity index (χ1n) is 6.92. The fraction of sp³-hybridized carbons (Fsp3) is 0.294. The summed E-state index contributed by atoms with van der Waals surface area (Å²) in [5.74, 6) is -1.61. The Morgan fingerprint density at radius 3 is 2.29 bits per heavy atom. The van der Waals surface area contributed by atoms with Crippen LogP contribution in [0.4, 0.5) is 8.78 Å². The molecule has 0 fully saturated rings. The molecule has 2 rings (SSSR count). The van der Waals surface area contributed by atoms with Crippen LogP contribution < -0.4 is 5.32 Å². The van der Waals surface area contributed by atoms with Gasteiger partial charge in [0.2, 0.25) is 0 Å². The molecule has 0 saturated heterocycles. The summed E-state index contributed by atoms with van der Waals surface area (Å²) in [7, 11) is 4.07. The molecular weight excluding hydrogens is 270 g/mol. The maximum Gasteiger partial charge on any atom is 0.159 e. The number of hydrogen-bond acceptors (Lipinski definition) is 2. The maximum absolute atomic E-state index is 13.1. The highest BCUT2D eigenvalue weighted by atomic mass is 19.2. The van der Waals surface area contributed by atoms with Crippen molar-refractivity contribution < 1.29 is 8.78 Å². The molecule has 2 aromatic carbocycles. The SMILES string of the molecule is CN(C)Cc1ccccc1CNCc1ccc(F)c(F)c1. The highest BCUT2D eigenvalue weighted by Crippen LogP contribution is 2.12. The van der Waals surface area contributed by atoms with Crippen LogP contribution in [0.15, 0.2) is 42.5 Å². The van der Waals surface area contributed by atoms with Crippen molar-refractivity contribution in [1.82, 2.24) is 10.2 Å². The van der Waals surface area contributed by atoms with Gasteiger partial charge in [0, 0.05) is 19.6 Å². The van der Waals surface area contributed by atoms with Gasteiger partial charge in [-0.15, -0.1) is 0 Å². The Morgan fingerprint density at radius 2 is 1.62 bits per heavy atom. The van der Waals surface area contributed by atoms with Crippen LogP contribution in [0.2, 0.25) is 0 Å². The van der Waals surface area contributed by atoms with Crippen molar-refractivity contribution in [2.24, 2.45) is 0 Å². The zero-order valence-electron chi connectivity index (χ0n) is 12.4. The Hall–Kier alpha value is -1.78. The molecule has 0 unspecified atom stereocenters. The minimum atomic E-state index is -0.810. The lowest BCUT2D eigenvalue weighted by Crippen LogP contribution is -2.17. The molecule has 2 aromatic rings. The zero-order valence-corrected chi connectivity index (χ0v) is 12.4. The van der Waals surface area contributed by atoms with Crippen LogP contribution in [-0.2, 0) is 19.6 Å². The molecule has 4 heteroatoms. The number of hydrogen-bond donors (Lipinski definition) is 1. The van der Waals surface area contributed by atoms with E-state index in [2.05, 4.69) is 22.3 Å². The maximum atomic E-state index is 13.1. The van der Waals surface area contributed by atoms with Gasteiger partial charge in [0.25, 0.3) is 0 Å². The van der Waals surface area contributed by atoms with Crippen LogP contribution in [-0.4, -0.2) is 19.0 Å². The zero-order chi connectivity index (χ0) is 15.2. The molecule has 0 aliphatic carbocycles. The van der Waals surface area contributed by atoms with Crippen LogP contribution in [0.1, 0.15) is 16.7 Å². The van der Waals surface area contributed by atoms with Crippen molar-refractivity contribution in [3.8, 4) is 0 Å². The van der Waals surface area contributed by atoms with E-state index in [-0.39, 0.29) is 0 Å². The Kier molecular flexibility index (Phi) is 5.42. The summed E-state index contributed by atoms with van der Waals surface area (Å²) in [6.45, 7) is 2.08. The van der Waals surface area contributed by atoms with E-state index in [1.54, 1.807) is 6.07 Å². The van der Waals surface area contributed by atoms with Gasteiger partial charge in [0.05, 0.1) is 0 Å². The quantitative estimate of drug-likeness (QED) is 0.878. The van der Waals surface area contributed by atoms with Crippen LogP contribution in [0, 0.1) is 11.6 Å². The summed E-state index contributed by atoms with van der Waals surface area (Å²) in [5.41, 5.74) is 3.22. The average molecular weight is 290 g/mol. The summed E-state index contributed by atoms with van der Waals surface area (Å²) >= 11 is 0. The van der Waals surface area contributed by atoms with Gasteiger partial charge < -0.3 is 10.2 Å². The fourth-order valence-electron chi connectivity index (χ4n) is 2.22. The molecule has 2 nitrogen and oxygen atoms in total. The van der Waals surface area contributed by atoms with E-state index in [1.165, 1.54) is 17.2 Å². The molecule has 0 spiro atoms. The molecule has 0 aliphatic rings. The minimum absolute atomic E-state index is 0.507. The third kappa shape index (κ3) is 4.62. The summed E-state index contributed by atoms with van der Waals surface area (Å²) < 4.78 is 26.0. The minimum Gasteiger partial charge on any atom is -0.309 e. The van der Waals surface area contributed by atoms with Gasteiger partial charge in [-0.1, -0.05) is 30.3 Å². The first-order chi connectivity index (χ1) is 10.1. The molecule has 0 atom stereocenters. The standard InChI is InChI=1S/C17H20F2N2/c1-21(2)12-15-6-4-3-5-14(15)11-20-10-13-7-8-16(18)17(19)9-13/h3-9,20H,10-12H2,1-2H3. The van der Waals surface area contributed by atoms with Gasteiger partial charge in [-0.25, -0.2) is 8.78 Å². The van der Waals surface area contributed by atoms with Crippen molar-refractivity contribution in [3.05, 3.63) is 70.8 Å². The lowest BCUT2D eigenvalue weighted by Gasteiger charge is -2.14. The van der Waals surface area contributed by atoms with E-state index in [0.717, 1.165) is 18.2 Å². The van der Waals surface area contributed by atoms with Crippen molar-refractivity contribution >= 4 is 0 Å². The molecule has 0 radical (unpaired) electrons. The Balaban J connectivity index is 1.95. The lowest BCUT2D eigenvalue weighted by atomic mass is 10.1. The van der Waals surface area contributed by atoms with E-state index in [4.69, 9.17) is 0 Å². The van der Waals surface area contributed by atoms with Gasteiger partial charge in [-0.3, -0.25) is 0 Å². The lowest BCUT2D eigenvalue weighted by molar-refractivity contribution is 0.400. The number of nitrogens with zero attached hydrogens (tertiary/aromatic N) is 1. The van der Waals surface area contributed by atoms with Crippen LogP contribution in [0.5, 0.6) is 0 Å². The van der Waals surface area contributed by atoms with Crippen LogP contribution >= 0.6 is 0 Å². The second-order valence-electron chi connectivity index (χ2n) is 5.36. The number of nitrogens with one attached hydrogen (secondary N) is 1. The summed E-state index contributed by atoms with van der Waals surface area (Å²) in [6.07, 6.45) is 0. The van der Waals surface area contributed by atoms with E-state index in [0.29, 0.717) is 13.1 Å². The second kappa shape index (κ2) is 7.29. The van der Waals surface area contributed by atoms with Crippen molar-refractivity contribution in [3.63, 3.8) is 0 Å². The van der Waals surface area contributed by atoms with E-state index in [9.17, 15) is 8.78 Å². The average Bonchev–Trinajstić information content (AvgIpc) is 2.44. The molecule has 0 aliphatic heterocycles. The Morgan fingerprint density at radius 1 is 0.905 bits per heavy atom. The predicted molar refractivity (Wildman–Crippen MR) is 80.7 cm³/mol. The summed E-state index contributed by atoms with van der Waals surface area (Å²) in [5, 5.41) is 3.27.